The van der Waals surface area contributed by atoms with Crippen molar-refractivity contribution in [3.05, 3.63) is 89.5 Å². The second kappa shape index (κ2) is 11.4. The lowest BCUT2D eigenvalue weighted by atomic mass is 10.1. The molecule has 0 aliphatic carbocycles. The number of para-hydroxylation sites is 1. The summed E-state index contributed by atoms with van der Waals surface area (Å²) in [7, 11) is 0. The van der Waals surface area contributed by atoms with Gasteiger partial charge in [0.25, 0.3) is 5.91 Å². The zero-order valence-corrected chi connectivity index (χ0v) is 17.9. The van der Waals surface area contributed by atoms with E-state index in [0.717, 1.165) is 11.3 Å². The standard InChI is InChI=1S/C25H26N2O5/c1-2-30-23-16-20(25(29)27-17-18-7-6-8-19(15-18)24(26)28)11-12-22(23)32-14-13-31-21-9-4-3-5-10-21/h3-12,15-16H,2,13-14,17H2,1H3,(H2,26,28)(H,27,29). The van der Waals surface area contributed by atoms with Gasteiger partial charge >= 0.3 is 0 Å². The highest BCUT2D eigenvalue weighted by molar-refractivity contribution is 5.95. The van der Waals surface area contributed by atoms with Gasteiger partial charge in [-0.05, 0) is 55.0 Å². The molecule has 7 nitrogen and oxygen atoms in total. The number of carbonyl (C=O) groups is 2. The maximum absolute atomic E-state index is 12.6. The molecule has 0 bridgehead atoms. The first-order valence-electron chi connectivity index (χ1n) is 10.3. The third kappa shape index (κ3) is 6.50. The molecule has 0 saturated heterocycles. The number of hydrogen-bond donors (Lipinski definition) is 2. The molecule has 0 atom stereocenters. The number of carbonyl (C=O) groups excluding carboxylic acids is 2. The minimum absolute atomic E-state index is 0.263. The van der Waals surface area contributed by atoms with Gasteiger partial charge in [-0.25, -0.2) is 0 Å². The van der Waals surface area contributed by atoms with Crippen LogP contribution in [0.15, 0.2) is 72.8 Å². The molecular formula is C25H26N2O5. The molecule has 0 unspecified atom stereocenters. The lowest BCUT2D eigenvalue weighted by Gasteiger charge is -2.14. The zero-order chi connectivity index (χ0) is 22.8. The summed E-state index contributed by atoms with van der Waals surface area (Å²) in [5.41, 5.74) is 6.91. The van der Waals surface area contributed by atoms with Crippen molar-refractivity contribution in [2.24, 2.45) is 5.73 Å². The van der Waals surface area contributed by atoms with Crippen LogP contribution in [0.1, 0.15) is 33.2 Å². The van der Waals surface area contributed by atoms with Gasteiger partial charge in [0.2, 0.25) is 5.91 Å². The van der Waals surface area contributed by atoms with Gasteiger partial charge in [-0.2, -0.15) is 0 Å². The first-order chi connectivity index (χ1) is 15.6. The molecule has 3 rings (SSSR count). The van der Waals surface area contributed by atoms with E-state index in [1.54, 1.807) is 36.4 Å². The predicted molar refractivity (Wildman–Crippen MR) is 121 cm³/mol. The SMILES string of the molecule is CCOc1cc(C(=O)NCc2cccc(C(N)=O)c2)ccc1OCCOc1ccccc1. The molecule has 0 saturated carbocycles. The molecule has 0 radical (unpaired) electrons. The first kappa shape index (κ1) is 22.7. The minimum atomic E-state index is -0.510. The zero-order valence-electron chi connectivity index (χ0n) is 17.9. The van der Waals surface area contributed by atoms with E-state index in [0.29, 0.717) is 42.4 Å². The third-order valence-electron chi connectivity index (χ3n) is 4.52. The Labute approximate surface area is 187 Å². The van der Waals surface area contributed by atoms with Crippen molar-refractivity contribution >= 4 is 11.8 Å². The van der Waals surface area contributed by atoms with Crippen LogP contribution in [-0.2, 0) is 6.54 Å². The van der Waals surface area contributed by atoms with Crippen molar-refractivity contribution in [1.82, 2.24) is 5.32 Å². The lowest BCUT2D eigenvalue weighted by molar-refractivity contribution is 0.0949. The predicted octanol–water partition coefficient (Wildman–Crippen LogP) is 3.57. The van der Waals surface area contributed by atoms with E-state index >= 15 is 0 Å². The van der Waals surface area contributed by atoms with Gasteiger partial charge in [-0.3, -0.25) is 9.59 Å². The van der Waals surface area contributed by atoms with Crippen LogP contribution in [0.2, 0.25) is 0 Å². The molecule has 2 amide bonds. The molecule has 0 spiro atoms. The van der Waals surface area contributed by atoms with E-state index in [1.165, 1.54) is 0 Å². The third-order valence-corrected chi connectivity index (χ3v) is 4.52. The van der Waals surface area contributed by atoms with Crippen LogP contribution in [-0.4, -0.2) is 31.6 Å². The molecule has 3 aromatic carbocycles. The van der Waals surface area contributed by atoms with E-state index in [-0.39, 0.29) is 12.5 Å². The number of hydrogen-bond acceptors (Lipinski definition) is 5. The van der Waals surface area contributed by atoms with Gasteiger partial charge in [0.1, 0.15) is 19.0 Å². The Morgan fingerprint density at radius 2 is 1.59 bits per heavy atom. The number of nitrogens with two attached hydrogens (primary N) is 1. The van der Waals surface area contributed by atoms with Crippen molar-refractivity contribution in [3.63, 3.8) is 0 Å². The molecule has 3 N–H and O–H groups in total. The summed E-state index contributed by atoms with van der Waals surface area (Å²) in [6.45, 7) is 3.26. The summed E-state index contributed by atoms with van der Waals surface area (Å²) < 4.78 is 17.1. The van der Waals surface area contributed by atoms with Crippen molar-refractivity contribution in [1.29, 1.82) is 0 Å². The van der Waals surface area contributed by atoms with E-state index in [4.69, 9.17) is 19.9 Å². The Morgan fingerprint density at radius 3 is 2.34 bits per heavy atom. The molecule has 0 heterocycles. The second-order valence-electron chi connectivity index (χ2n) is 6.85. The Kier molecular flexibility index (Phi) is 8.09. The number of benzene rings is 3. The van der Waals surface area contributed by atoms with Crippen LogP contribution in [0.3, 0.4) is 0 Å². The van der Waals surface area contributed by atoms with Gasteiger partial charge in [0, 0.05) is 17.7 Å². The number of rotatable bonds is 11. The van der Waals surface area contributed by atoms with Gasteiger partial charge in [0.15, 0.2) is 11.5 Å². The Balaban J connectivity index is 1.58. The quantitative estimate of drug-likeness (QED) is 0.450. The summed E-state index contributed by atoms with van der Waals surface area (Å²) >= 11 is 0. The first-order valence-corrected chi connectivity index (χ1v) is 10.3. The van der Waals surface area contributed by atoms with Crippen LogP contribution < -0.4 is 25.3 Å². The number of ether oxygens (including phenoxy) is 3. The average molecular weight is 434 g/mol. The van der Waals surface area contributed by atoms with Crippen LogP contribution in [0.4, 0.5) is 0 Å². The van der Waals surface area contributed by atoms with Gasteiger partial charge in [-0.15, -0.1) is 0 Å². The summed E-state index contributed by atoms with van der Waals surface area (Å²) in [4.78, 5) is 23.9. The van der Waals surface area contributed by atoms with Crippen molar-refractivity contribution in [2.45, 2.75) is 13.5 Å². The van der Waals surface area contributed by atoms with Gasteiger partial charge in [-0.1, -0.05) is 30.3 Å². The number of primary amides is 1. The summed E-state index contributed by atoms with van der Waals surface area (Å²) in [6.07, 6.45) is 0. The fraction of sp³-hybridized carbons (Fsp3) is 0.200. The van der Waals surface area contributed by atoms with E-state index < -0.39 is 5.91 Å². The maximum Gasteiger partial charge on any atom is 0.251 e. The van der Waals surface area contributed by atoms with Crippen molar-refractivity contribution < 1.29 is 23.8 Å². The van der Waals surface area contributed by atoms with Gasteiger partial charge < -0.3 is 25.3 Å². The van der Waals surface area contributed by atoms with Crippen LogP contribution in [0.25, 0.3) is 0 Å². The van der Waals surface area contributed by atoms with E-state index in [1.807, 2.05) is 43.3 Å². The highest BCUT2D eigenvalue weighted by atomic mass is 16.5. The average Bonchev–Trinajstić information content (AvgIpc) is 2.82. The van der Waals surface area contributed by atoms with Crippen LogP contribution in [0, 0.1) is 0 Å². The van der Waals surface area contributed by atoms with Crippen molar-refractivity contribution in [2.75, 3.05) is 19.8 Å². The summed E-state index contributed by atoms with van der Waals surface area (Å²) in [5.74, 6) is 1.01. The molecule has 0 fully saturated rings. The molecular weight excluding hydrogens is 408 g/mol. The fourth-order valence-electron chi connectivity index (χ4n) is 2.98. The topological polar surface area (TPSA) is 99.9 Å². The van der Waals surface area contributed by atoms with Gasteiger partial charge in [0.05, 0.1) is 6.61 Å². The summed E-state index contributed by atoms with van der Waals surface area (Å²) in [6, 6.07) is 21.3. The molecule has 0 aromatic heterocycles. The van der Waals surface area contributed by atoms with E-state index in [9.17, 15) is 9.59 Å². The highest BCUT2D eigenvalue weighted by Gasteiger charge is 2.12. The highest BCUT2D eigenvalue weighted by Crippen LogP contribution is 2.28. The Bertz CT molecular complexity index is 1050. The van der Waals surface area contributed by atoms with E-state index in [2.05, 4.69) is 5.32 Å². The largest absolute Gasteiger partial charge is 0.490 e. The fourth-order valence-corrected chi connectivity index (χ4v) is 2.98. The van der Waals surface area contributed by atoms with Crippen LogP contribution >= 0.6 is 0 Å². The molecule has 32 heavy (non-hydrogen) atoms. The monoisotopic (exact) mass is 434 g/mol. The lowest BCUT2D eigenvalue weighted by Crippen LogP contribution is -2.23. The van der Waals surface area contributed by atoms with Crippen LogP contribution in [0.5, 0.6) is 17.2 Å². The van der Waals surface area contributed by atoms with Crippen molar-refractivity contribution in [3.8, 4) is 17.2 Å². The normalized spacial score (nSPS) is 10.3. The summed E-state index contributed by atoms with van der Waals surface area (Å²) in [5, 5.41) is 2.83. The molecule has 3 aromatic rings. The number of amides is 2. The Hall–Kier alpha value is -4.00. The minimum Gasteiger partial charge on any atom is -0.490 e. The maximum atomic E-state index is 12.6. The molecule has 166 valence electrons. The smallest absolute Gasteiger partial charge is 0.251 e. The molecule has 0 aliphatic heterocycles. The molecule has 7 heteroatoms. The Morgan fingerprint density at radius 1 is 0.812 bits per heavy atom. The number of nitrogens with one attached hydrogen (secondary N) is 1. The second-order valence-corrected chi connectivity index (χ2v) is 6.85. The molecule has 0 aliphatic rings.